The van der Waals surface area contributed by atoms with Gasteiger partial charge < -0.3 is 9.47 Å². The second kappa shape index (κ2) is 9.65. The van der Waals surface area contributed by atoms with Crippen molar-refractivity contribution in [3.63, 3.8) is 0 Å². The highest BCUT2D eigenvalue weighted by Gasteiger charge is 2.53. The van der Waals surface area contributed by atoms with Gasteiger partial charge in [0, 0.05) is 19.6 Å². The number of nitrogens with zero attached hydrogens (tertiary/aromatic N) is 1. The SMILES string of the molecule is CC1CN(Cc2ccccc2)CC1(CC(=O)OC(C)(C)C)C(=O)OCc1ccccc1. The lowest BCUT2D eigenvalue weighted by Crippen LogP contribution is -2.43. The molecule has 0 bridgehead atoms. The van der Waals surface area contributed by atoms with Crippen molar-refractivity contribution in [3.8, 4) is 0 Å². The zero-order valence-corrected chi connectivity index (χ0v) is 19.0. The molecule has 1 aliphatic heterocycles. The molecular weight excluding hydrogens is 390 g/mol. The van der Waals surface area contributed by atoms with Crippen molar-refractivity contribution in [2.45, 2.75) is 52.9 Å². The second-order valence-corrected chi connectivity index (χ2v) is 9.54. The Kier molecular flexibility index (Phi) is 7.16. The number of carbonyl (C=O) groups excluding carboxylic acids is 2. The first kappa shape index (κ1) is 23.0. The Hall–Kier alpha value is -2.66. The molecule has 2 aromatic rings. The summed E-state index contributed by atoms with van der Waals surface area (Å²) in [5.74, 6) is -0.727. The fourth-order valence-corrected chi connectivity index (χ4v) is 4.21. The van der Waals surface area contributed by atoms with E-state index in [0.717, 1.165) is 18.7 Å². The van der Waals surface area contributed by atoms with Gasteiger partial charge in [-0.2, -0.15) is 0 Å². The number of likely N-dealkylation sites (tertiary alicyclic amines) is 1. The maximum Gasteiger partial charge on any atom is 0.314 e. The monoisotopic (exact) mass is 423 g/mol. The number of rotatable bonds is 7. The minimum atomic E-state index is -0.925. The zero-order valence-electron chi connectivity index (χ0n) is 19.0. The van der Waals surface area contributed by atoms with E-state index in [-0.39, 0.29) is 30.9 Å². The molecule has 5 heteroatoms. The van der Waals surface area contributed by atoms with Crippen molar-refractivity contribution >= 4 is 11.9 Å². The van der Waals surface area contributed by atoms with Gasteiger partial charge in [-0.05, 0) is 37.8 Å². The Balaban J connectivity index is 1.78. The predicted molar refractivity (Wildman–Crippen MR) is 120 cm³/mol. The molecule has 2 unspecified atom stereocenters. The molecule has 0 spiro atoms. The number of carbonyl (C=O) groups is 2. The largest absolute Gasteiger partial charge is 0.460 e. The Morgan fingerprint density at radius 1 is 1.00 bits per heavy atom. The van der Waals surface area contributed by atoms with Crippen LogP contribution in [-0.2, 0) is 32.2 Å². The first-order valence-corrected chi connectivity index (χ1v) is 10.9. The van der Waals surface area contributed by atoms with E-state index in [2.05, 4.69) is 17.0 Å². The molecule has 1 aliphatic rings. The molecule has 0 amide bonds. The summed E-state index contributed by atoms with van der Waals surface area (Å²) in [5.41, 5.74) is 0.583. The average molecular weight is 424 g/mol. The maximum atomic E-state index is 13.4. The highest BCUT2D eigenvalue weighted by atomic mass is 16.6. The summed E-state index contributed by atoms with van der Waals surface area (Å²) in [4.78, 5) is 28.4. The van der Waals surface area contributed by atoms with E-state index in [0.29, 0.717) is 6.54 Å². The van der Waals surface area contributed by atoms with Crippen LogP contribution in [0, 0.1) is 11.3 Å². The number of hydrogen-bond donors (Lipinski definition) is 0. The van der Waals surface area contributed by atoms with Crippen molar-refractivity contribution in [3.05, 3.63) is 71.8 Å². The Labute approximate surface area is 185 Å². The van der Waals surface area contributed by atoms with E-state index in [9.17, 15) is 9.59 Å². The van der Waals surface area contributed by atoms with Crippen molar-refractivity contribution in [1.82, 2.24) is 4.90 Å². The first-order chi connectivity index (χ1) is 14.7. The van der Waals surface area contributed by atoms with Crippen LogP contribution in [0.4, 0.5) is 0 Å². The molecule has 0 radical (unpaired) electrons. The minimum absolute atomic E-state index is 0.0182. The molecule has 31 heavy (non-hydrogen) atoms. The third-order valence-electron chi connectivity index (χ3n) is 5.73. The molecule has 2 atom stereocenters. The summed E-state index contributed by atoms with van der Waals surface area (Å²) in [6.07, 6.45) is 0.0182. The van der Waals surface area contributed by atoms with Crippen LogP contribution < -0.4 is 0 Å². The van der Waals surface area contributed by atoms with Gasteiger partial charge in [-0.3, -0.25) is 14.5 Å². The molecule has 1 saturated heterocycles. The summed E-state index contributed by atoms with van der Waals surface area (Å²) < 4.78 is 11.3. The smallest absolute Gasteiger partial charge is 0.314 e. The van der Waals surface area contributed by atoms with Crippen LogP contribution in [0.3, 0.4) is 0 Å². The quantitative estimate of drug-likeness (QED) is 0.609. The van der Waals surface area contributed by atoms with Crippen LogP contribution in [0.25, 0.3) is 0 Å². The van der Waals surface area contributed by atoms with Crippen LogP contribution in [-0.4, -0.2) is 35.5 Å². The summed E-state index contributed by atoms with van der Waals surface area (Å²) in [5, 5.41) is 0. The average Bonchev–Trinajstić information content (AvgIpc) is 3.01. The molecule has 0 aliphatic carbocycles. The second-order valence-electron chi connectivity index (χ2n) is 9.54. The van der Waals surface area contributed by atoms with Crippen LogP contribution in [0.1, 0.15) is 45.2 Å². The van der Waals surface area contributed by atoms with Gasteiger partial charge in [0.15, 0.2) is 0 Å². The molecule has 2 aromatic carbocycles. The fourth-order valence-electron chi connectivity index (χ4n) is 4.21. The standard InChI is InChI=1S/C26H33NO4/c1-20-16-27(17-21-11-7-5-8-12-21)19-26(20,15-23(28)31-25(2,3)4)24(29)30-18-22-13-9-6-10-14-22/h5-14,20H,15-19H2,1-4H3. The lowest BCUT2D eigenvalue weighted by Gasteiger charge is -2.31. The Bertz CT molecular complexity index is 875. The maximum absolute atomic E-state index is 13.4. The third-order valence-corrected chi connectivity index (χ3v) is 5.73. The van der Waals surface area contributed by atoms with Gasteiger partial charge in [0.05, 0.1) is 11.8 Å². The molecule has 5 nitrogen and oxygen atoms in total. The van der Waals surface area contributed by atoms with Crippen molar-refractivity contribution in [1.29, 1.82) is 0 Å². The number of ether oxygens (including phenoxy) is 2. The summed E-state index contributed by atoms with van der Waals surface area (Å²) >= 11 is 0. The van der Waals surface area contributed by atoms with Crippen molar-refractivity contribution < 1.29 is 19.1 Å². The highest BCUT2D eigenvalue weighted by Crippen LogP contribution is 2.42. The Morgan fingerprint density at radius 2 is 1.58 bits per heavy atom. The third kappa shape index (κ3) is 6.17. The normalized spacial score (nSPS) is 21.6. The van der Waals surface area contributed by atoms with Crippen molar-refractivity contribution in [2.75, 3.05) is 13.1 Å². The zero-order chi connectivity index (χ0) is 22.5. The molecule has 0 aromatic heterocycles. The van der Waals surface area contributed by atoms with Crippen LogP contribution in [0.2, 0.25) is 0 Å². The van der Waals surface area contributed by atoms with Gasteiger partial charge in [0.1, 0.15) is 12.2 Å². The first-order valence-electron chi connectivity index (χ1n) is 10.9. The van der Waals surface area contributed by atoms with E-state index >= 15 is 0 Å². The Morgan fingerprint density at radius 3 is 2.16 bits per heavy atom. The number of esters is 2. The van der Waals surface area contributed by atoms with E-state index in [1.165, 1.54) is 5.56 Å². The summed E-state index contributed by atoms with van der Waals surface area (Å²) in [7, 11) is 0. The molecule has 0 N–H and O–H groups in total. The van der Waals surface area contributed by atoms with E-state index < -0.39 is 11.0 Å². The van der Waals surface area contributed by atoms with Gasteiger partial charge in [-0.15, -0.1) is 0 Å². The van der Waals surface area contributed by atoms with Crippen LogP contribution in [0.15, 0.2) is 60.7 Å². The van der Waals surface area contributed by atoms with Gasteiger partial charge in [0.2, 0.25) is 0 Å². The van der Waals surface area contributed by atoms with Gasteiger partial charge in [0.25, 0.3) is 0 Å². The number of benzene rings is 2. The molecule has 1 fully saturated rings. The molecular formula is C26H33NO4. The van der Waals surface area contributed by atoms with E-state index in [1.807, 2.05) is 76.2 Å². The summed E-state index contributed by atoms with van der Waals surface area (Å²) in [6, 6.07) is 19.8. The molecule has 3 rings (SSSR count). The van der Waals surface area contributed by atoms with Gasteiger partial charge in [-0.25, -0.2) is 0 Å². The highest BCUT2D eigenvalue weighted by molar-refractivity contribution is 5.84. The van der Waals surface area contributed by atoms with E-state index in [4.69, 9.17) is 9.47 Å². The predicted octanol–water partition coefficient (Wildman–Crippen LogP) is 4.60. The lowest BCUT2D eigenvalue weighted by atomic mass is 9.76. The van der Waals surface area contributed by atoms with Crippen molar-refractivity contribution in [2.24, 2.45) is 11.3 Å². The summed E-state index contributed by atoms with van der Waals surface area (Å²) in [6.45, 7) is 9.66. The van der Waals surface area contributed by atoms with Crippen LogP contribution in [0.5, 0.6) is 0 Å². The molecule has 166 valence electrons. The van der Waals surface area contributed by atoms with Gasteiger partial charge >= 0.3 is 11.9 Å². The molecule has 0 saturated carbocycles. The fraction of sp³-hybridized carbons (Fsp3) is 0.462. The van der Waals surface area contributed by atoms with E-state index in [1.54, 1.807) is 0 Å². The molecule has 1 heterocycles. The van der Waals surface area contributed by atoms with Gasteiger partial charge in [-0.1, -0.05) is 67.6 Å². The van der Waals surface area contributed by atoms with Crippen LogP contribution >= 0.6 is 0 Å². The minimum Gasteiger partial charge on any atom is -0.460 e. The number of hydrogen-bond acceptors (Lipinski definition) is 5. The topological polar surface area (TPSA) is 55.8 Å². The lowest BCUT2D eigenvalue weighted by molar-refractivity contribution is -0.170.